The summed E-state index contributed by atoms with van der Waals surface area (Å²) in [6.45, 7) is 4.81. The van der Waals surface area contributed by atoms with Gasteiger partial charge in [0.1, 0.15) is 5.82 Å². The topological polar surface area (TPSA) is 114 Å². The number of hydrogen-bond acceptors (Lipinski definition) is 7. The Bertz CT molecular complexity index is 1250. The highest BCUT2D eigenvalue weighted by Crippen LogP contribution is 2.27. The van der Waals surface area contributed by atoms with E-state index < -0.39 is 11.7 Å². The molecular weight excluding hydrogens is 453 g/mol. The maximum absolute atomic E-state index is 14.3. The molecule has 10 nitrogen and oxygen atoms in total. The molecular formula is C24H26FN7O3. The molecule has 2 fully saturated rings. The molecule has 35 heavy (non-hydrogen) atoms. The summed E-state index contributed by atoms with van der Waals surface area (Å²) in [7, 11) is 0. The number of morpholine rings is 1. The summed E-state index contributed by atoms with van der Waals surface area (Å²) in [5.74, 6) is -0.671. The number of anilines is 2. The Morgan fingerprint density at radius 1 is 1.14 bits per heavy atom. The molecule has 0 unspecified atom stereocenters. The SMILES string of the molecule is Cc1ncc(NC(=O)c2cc(F)cc(N3CCOCC3)c2)cc1-n1cc(C(=O)NCC2CC2)nn1. The average Bonchev–Trinajstić information content (AvgIpc) is 3.57. The molecule has 3 heterocycles. The number of ether oxygens (including phenoxy) is 1. The van der Waals surface area contributed by atoms with Crippen LogP contribution in [0.15, 0.2) is 36.7 Å². The molecule has 0 radical (unpaired) electrons. The van der Waals surface area contributed by atoms with Crippen molar-refractivity contribution in [2.24, 2.45) is 5.92 Å². The van der Waals surface area contributed by atoms with Gasteiger partial charge < -0.3 is 20.3 Å². The molecule has 0 spiro atoms. The molecule has 1 aliphatic heterocycles. The van der Waals surface area contributed by atoms with E-state index in [1.165, 1.54) is 29.2 Å². The van der Waals surface area contributed by atoms with Crippen LogP contribution in [0.5, 0.6) is 0 Å². The number of benzene rings is 1. The molecule has 2 amide bonds. The van der Waals surface area contributed by atoms with Gasteiger partial charge in [0, 0.05) is 30.9 Å². The van der Waals surface area contributed by atoms with Crippen LogP contribution in [0.3, 0.4) is 0 Å². The van der Waals surface area contributed by atoms with E-state index in [9.17, 15) is 14.0 Å². The van der Waals surface area contributed by atoms with Crippen LogP contribution < -0.4 is 15.5 Å². The van der Waals surface area contributed by atoms with Gasteiger partial charge >= 0.3 is 0 Å². The number of hydrogen-bond donors (Lipinski definition) is 2. The summed E-state index contributed by atoms with van der Waals surface area (Å²) in [4.78, 5) is 31.5. The van der Waals surface area contributed by atoms with E-state index in [1.54, 1.807) is 19.1 Å². The van der Waals surface area contributed by atoms with Crippen molar-refractivity contribution < 1.29 is 18.7 Å². The fourth-order valence-electron chi connectivity index (χ4n) is 3.87. The predicted molar refractivity (Wildman–Crippen MR) is 126 cm³/mol. The molecule has 2 aliphatic rings. The lowest BCUT2D eigenvalue weighted by atomic mass is 10.1. The molecule has 11 heteroatoms. The zero-order chi connectivity index (χ0) is 24.4. The van der Waals surface area contributed by atoms with E-state index in [0.29, 0.717) is 61.5 Å². The Balaban J connectivity index is 1.31. The number of pyridine rings is 1. The second kappa shape index (κ2) is 9.79. The Morgan fingerprint density at radius 3 is 2.71 bits per heavy atom. The van der Waals surface area contributed by atoms with Crippen LogP contribution in [0.2, 0.25) is 0 Å². The first-order valence-electron chi connectivity index (χ1n) is 11.6. The lowest BCUT2D eigenvalue weighted by molar-refractivity contribution is 0.0946. The number of aromatic nitrogens is 4. The maximum Gasteiger partial charge on any atom is 0.273 e. The van der Waals surface area contributed by atoms with Gasteiger partial charge in [0.25, 0.3) is 11.8 Å². The van der Waals surface area contributed by atoms with Crippen LogP contribution in [0.1, 0.15) is 39.4 Å². The summed E-state index contributed by atoms with van der Waals surface area (Å²) in [6, 6.07) is 5.96. The van der Waals surface area contributed by atoms with E-state index in [-0.39, 0.29) is 17.2 Å². The van der Waals surface area contributed by atoms with Crippen LogP contribution in [-0.2, 0) is 4.74 Å². The van der Waals surface area contributed by atoms with E-state index >= 15 is 0 Å². The van der Waals surface area contributed by atoms with Gasteiger partial charge in [-0.05, 0) is 49.9 Å². The van der Waals surface area contributed by atoms with Gasteiger partial charge in [0.2, 0.25) is 0 Å². The zero-order valence-corrected chi connectivity index (χ0v) is 19.3. The van der Waals surface area contributed by atoms with Gasteiger partial charge in [-0.25, -0.2) is 9.07 Å². The van der Waals surface area contributed by atoms with Crippen molar-refractivity contribution in [3.05, 3.63) is 59.4 Å². The van der Waals surface area contributed by atoms with Gasteiger partial charge in [-0.15, -0.1) is 5.10 Å². The lowest BCUT2D eigenvalue weighted by Gasteiger charge is -2.29. The smallest absolute Gasteiger partial charge is 0.273 e. The quantitative estimate of drug-likeness (QED) is 0.535. The minimum atomic E-state index is -0.489. The fourth-order valence-corrected chi connectivity index (χ4v) is 3.87. The van der Waals surface area contributed by atoms with Crippen molar-refractivity contribution in [1.29, 1.82) is 0 Å². The lowest BCUT2D eigenvalue weighted by Crippen LogP contribution is -2.36. The summed E-state index contributed by atoms with van der Waals surface area (Å²) >= 11 is 0. The third kappa shape index (κ3) is 5.46. The largest absolute Gasteiger partial charge is 0.378 e. The van der Waals surface area contributed by atoms with Crippen LogP contribution in [0, 0.1) is 18.7 Å². The minimum Gasteiger partial charge on any atom is -0.378 e. The van der Waals surface area contributed by atoms with Crippen molar-refractivity contribution in [3.8, 4) is 5.69 Å². The Kier molecular flexibility index (Phi) is 6.41. The molecule has 1 aliphatic carbocycles. The highest BCUT2D eigenvalue weighted by molar-refractivity contribution is 6.05. The first-order valence-corrected chi connectivity index (χ1v) is 11.6. The van der Waals surface area contributed by atoms with Gasteiger partial charge in [-0.3, -0.25) is 14.6 Å². The van der Waals surface area contributed by atoms with Crippen LogP contribution in [-0.4, -0.2) is 64.6 Å². The van der Waals surface area contributed by atoms with E-state index in [0.717, 1.165) is 12.8 Å². The second-order valence-electron chi connectivity index (χ2n) is 8.78. The maximum atomic E-state index is 14.3. The third-order valence-electron chi connectivity index (χ3n) is 6.06. The highest BCUT2D eigenvalue weighted by atomic mass is 19.1. The molecule has 0 bridgehead atoms. The van der Waals surface area contributed by atoms with Gasteiger partial charge in [-0.2, -0.15) is 0 Å². The molecule has 0 atom stereocenters. The summed E-state index contributed by atoms with van der Waals surface area (Å²) in [5, 5.41) is 13.6. The monoisotopic (exact) mass is 479 g/mol. The molecule has 182 valence electrons. The van der Waals surface area contributed by atoms with Crippen LogP contribution in [0.4, 0.5) is 15.8 Å². The molecule has 5 rings (SSSR count). The average molecular weight is 480 g/mol. The predicted octanol–water partition coefficient (Wildman–Crippen LogP) is 2.34. The summed E-state index contributed by atoms with van der Waals surface area (Å²) in [6.07, 6.45) is 5.32. The highest BCUT2D eigenvalue weighted by Gasteiger charge is 2.23. The van der Waals surface area contributed by atoms with Gasteiger partial charge in [0.05, 0.1) is 42.7 Å². The zero-order valence-electron chi connectivity index (χ0n) is 19.3. The molecule has 1 saturated carbocycles. The Hall–Kier alpha value is -3.86. The molecule has 3 aromatic rings. The Labute approximate surface area is 201 Å². The number of amides is 2. The number of halogens is 1. The fraction of sp³-hybridized carbons (Fsp3) is 0.375. The van der Waals surface area contributed by atoms with Crippen LogP contribution in [0.25, 0.3) is 5.69 Å². The van der Waals surface area contributed by atoms with Crippen molar-refractivity contribution in [1.82, 2.24) is 25.3 Å². The number of rotatable bonds is 7. The van der Waals surface area contributed by atoms with Crippen molar-refractivity contribution in [2.45, 2.75) is 19.8 Å². The molecule has 2 N–H and O–H groups in total. The van der Waals surface area contributed by atoms with Gasteiger partial charge in [-0.1, -0.05) is 5.21 Å². The molecule has 2 aromatic heterocycles. The number of nitrogens with one attached hydrogen (secondary N) is 2. The van der Waals surface area contributed by atoms with Crippen molar-refractivity contribution in [2.75, 3.05) is 43.1 Å². The van der Waals surface area contributed by atoms with E-state index in [2.05, 4.69) is 25.9 Å². The number of aryl methyl sites for hydroxylation is 1. The first kappa shape index (κ1) is 22.9. The minimum absolute atomic E-state index is 0.198. The van der Waals surface area contributed by atoms with Crippen molar-refractivity contribution in [3.63, 3.8) is 0 Å². The number of nitrogens with zero attached hydrogens (tertiary/aromatic N) is 5. The second-order valence-corrected chi connectivity index (χ2v) is 8.78. The summed E-state index contributed by atoms with van der Waals surface area (Å²) in [5.41, 5.74) is 2.64. The van der Waals surface area contributed by atoms with E-state index in [1.807, 2.05) is 4.90 Å². The summed E-state index contributed by atoms with van der Waals surface area (Å²) < 4.78 is 21.1. The standard InChI is InChI=1S/C24H26FN7O3/c1-15-22(32-14-21(29-30-32)24(34)27-12-16-2-3-16)11-19(13-26-15)28-23(33)17-8-18(25)10-20(9-17)31-4-6-35-7-5-31/h8-11,13-14,16H,2-7,12H2,1H3,(H,27,34)(H,28,33). The van der Waals surface area contributed by atoms with Crippen molar-refractivity contribution >= 4 is 23.2 Å². The van der Waals surface area contributed by atoms with Crippen LogP contribution >= 0.6 is 0 Å². The first-order chi connectivity index (χ1) is 17.0. The normalized spacial score (nSPS) is 15.7. The third-order valence-corrected chi connectivity index (χ3v) is 6.06. The van der Waals surface area contributed by atoms with E-state index in [4.69, 9.17) is 4.74 Å². The Morgan fingerprint density at radius 2 is 1.94 bits per heavy atom. The van der Waals surface area contributed by atoms with Gasteiger partial charge in [0.15, 0.2) is 5.69 Å². The number of carbonyl (C=O) groups excluding carboxylic acids is 2. The number of carbonyl (C=O) groups is 2. The molecule has 1 aromatic carbocycles. The molecule has 1 saturated heterocycles.